The molecule has 7 heteroatoms. The lowest BCUT2D eigenvalue weighted by atomic mass is 10.1. The first-order valence-corrected chi connectivity index (χ1v) is 8.28. The first-order valence-electron chi connectivity index (χ1n) is 8.28. The molecular formula is C19H16N2O5. The van der Waals surface area contributed by atoms with Crippen molar-refractivity contribution >= 4 is 23.4 Å². The lowest BCUT2D eigenvalue weighted by Gasteiger charge is -2.19. The Hall–Kier alpha value is -3.35. The van der Waals surface area contributed by atoms with Gasteiger partial charge in [0.15, 0.2) is 6.61 Å². The number of nitrogens with one attached hydrogen (secondary N) is 1. The molecule has 0 aromatic heterocycles. The van der Waals surface area contributed by atoms with Crippen LogP contribution in [0.1, 0.15) is 27.1 Å². The van der Waals surface area contributed by atoms with Crippen LogP contribution in [0.4, 0.5) is 5.69 Å². The fraction of sp³-hybridized carbons (Fsp3) is 0.211. The van der Waals surface area contributed by atoms with Gasteiger partial charge in [0.05, 0.1) is 23.4 Å². The summed E-state index contributed by atoms with van der Waals surface area (Å²) in [7, 11) is 0. The first-order chi connectivity index (χ1) is 12.6. The molecule has 2 heterocycles. The third-order valence-electron chi connectivity index (χ3n) is 4.26. The number of benzene rings is 2. The van der Waals surface area contributed by atoms with E-state index < -0.39 is 0 Å². The van der Waals surface area contributed by atoms with Crippen molar-refractivity contribution in [2.75, 3.05) is 25.1 Å². The van der Waals surface area contributed by atoms with Crippen LogP contribution in [0.15, 0.2) is 42.5 Å². The third kappa shape index (κ3) is 2.88. The molecule has 2 aliphatic rings. The predicted octanol–water partition coefficient (Wildman–Crippen LogP) is 2.08. The van der Waals surface area contributed by atoms with Crippen molar-refractivity contribution in [2.45, 2.75) is 6.42 Å². The minimum atomic E-state index is -0.265. The lowest BCUT2D eigenvalue weighted by molar-refractivity contribution is -0.118. The van der Waals surface area contributed by atoms with Gasteiger partial charge in [0.25, 0.3) is 17.7 Å². The van der Waals surface area contributed by atoms with E-state index in [-0.39, 0.29) is 30.9 Å². The Kier molecular flexibility index (Phi) is 4.04. The average Bonchev–Trinajstić information content (AvgIpc) is 2.90. The van der Waals surface area contributed by atoms with Gasteiger partial charge in [-0.05, 0) is 30.7 Å². The summed E-state index contributed by atoms with van der Waals surface area (Å²) < 4.78 is 10.9. The summed E-state index contributed by atoms with van der Waals surface area (Å²) in [5.41, 5.74) is 1.46. The van der Waals surface area contributed by atoms with Crippen LogP contribution in [0.2, 0.25) is 0 Å². The molecule has 2 aliphatic heterocycles. The molecule has 26 heavy (non-hydrogen) atoms. The summed E-state index contributed by atoms with van der Waals surface area (Å²) in [6, 6.07) is 12.0. The Morgan fingerprint density at radius 3 is 2.50 bits per heavy atom. The van der Waals surface area contributed by atoms with Crippen LogP contribution in [-0.2, 0) is 4.79 Å². The van der Waals surface area contributed by atoms with Crippen LogP contribution in [0.25, 0.3) is 0 Å². The zero-order valence-corrected chi connectivity index (χ0v) is 13.9. The van der Waals surface area contributed by atoms with Crippen LogP contribution in [0.5, 0.6) is 11.5 Å². The van der Waals surface area contributed by atoms with Crippen molar-refractivity contribution in [1.29, 1.82) is 0 Å². The number of carbonyl (C=O) groups excluding carboxylic acids is 3. The Labute approximate surface area is 149 Å². The van der Waals surface area contributed by atoms with E-state index in [0.717, 1.165) is 0 Å². The van der Waals surface area contributed by atoms with E-state index in [1.54, 1.807) is 42.5 Å². The van der Waals surface area contributed by atoms with Crippen molar-refractivity contribution in [2.24, 2.45) is 0 Å². The molecular weight excluding hydrogens is 336 g/mol. The van der Waals surface area contributed by atoms with E-state index in [4.69, 9.17) is 9.47 Å². The van der Waals surface area contributed by atoms with Crippen molar-refractivity contribution < 1.29 is 23.9 Å². The SMILES string of the molecule is O=C1COc2ccc(OCCCN3C(=O)c4ccccc4C3=O)cc2N1. The van der Waals surface area contributed by atoms with Crippen LogP contribution in [0, 0.1) is 0 Å². The second-order valence-corrected chi connectivity index (χ2v) is 6.00. The highest BCUT2D eigenvalue weighted by molar-refractivity contribution is 6.21. The first kappa shape index (κ1) is 16.1. The Balaban J connectivity index is 1.32. The molecule has 0 saturated heterocycles. The molecule has 0 spiro atoms. The summed E-state index contributed by atoms with van der Waals surface area (Å²) in [5.74, 6) is 0.443. The van der Waals surface area contributed by atoms with Crippen molar-refractivity contribution in [3.05, 3.63) is 53.6 Å². The van der Waals surface area contributed by atoms with Crippen LogP contribution in [-0.4, -0.2) is 42.4 Å². The molecule has 4 rings (SSSR count). The monoisotopic (exact) mass is 352 g/mol. The number of hydrogen-bond donors (Lipinski definition) is 1. The quantitative estimate of drug-likeness (QED) is 0.658. The minimum absolute atomic E-state index is 0.00743. The molecule has 1 N–H and O–H groups in total. The van der Waals surface area contributed by atoms with Gasteiger partial charge in [0.2, 0.25) is 0 Å². The fourth-order valence-electron chi connectivity index (χ4n) is 3.01. The van der Waals surface area contributed by atoms with Gasteiger partial charge in [-0.1, -0.05) is 12.1 Å². The van der Waals surface area contributed by atoms with E-state index in [9.17, 15) is 14.4 Å². The Morgan fingerprint density at radius 1 is 1.04 bits per heavy atom. The second kappa shape index (κ2) is 6.51. The van der Waals surface area contributed by atoms with E-state index in [2.05, 4.69) is 5.32 Å². The molecule has 7 nitrogen and oxygen atoms in total. The third-order valence-corrected chi connectivity index (χ3v) is 4.26. The number of anilines is 1. The number of imide groups is 1. The van der Waals surface area contributed by atoms with E-state index in [1.165, 1.54) is 4.90 Å². The fourth-order valence-corrected chi connectivity index (χ4v) is 3.01. The molecule has 0 unspecified atom stereocenters. The summed E-state index contributed by atoms with van der Waals surface area (Å²) in [6.07, 6.45) is 0.505. The van der Waals surface area contributed by atoms with Crippen molar-refractivity contribution in [1.82, 2.24) is 4.90 Å². The number of nitrogens with zero attached hydrogens (tertiary/aromatic N) is 1. The summed E-state index contributed by atoms with van der Waals surface area (Å²) in [5, 5.41) is 2.72. The van der Waals surface area contributed by atoms with Gasteiger partial charge in [-0.25, -0.2) is 0 Å². The topological polar surface area (TPSA) is 84.9 Å². The number of fused-ring (bicyclic) bond motifs is 2. The molecule has 0 saturated carbocycles. The second-order valence-electron chi connectivity index (χ2n) is 6.00. The molecule has 0 bridgehead atoms. The molecule has 132 valence electrons. The Morgan fingerprint density at radius 2 is 1.77 bits per heavy atom. The maximum atomic E-state index is 12.3. The Bertz CT molecular complexity index is 874. The largest absolute Gasteiger partial charge is 0.493 e. The van der Waals surface area contributed by atoms with E-state index in [1.807, 2.05) is 0 Å². The molecule has 0 radical (unpaired) electrons. The van der Waals surface area contributed by atoms with Crippen molar-refractivity contribution in [3.8, 4) is 11.5 Å². The maximum Gasteiger partial charge on any atom is 0.262 e. The highest BCUT2D eigenvalue weighted by Crippen LogP contribution is 2.31. The van der Waals surface area contributed by atoms with Gasteiger partial charge in [-0.2, -0.15) is 0 Å². The molecule has 3 amide bonds. The molecule has 0 atom stereocenters. The van der Waals surface area contributed by atoms with Crippen LogP contribution < -0.4 is 14.8 Å². The molecule has 2 aromatic rings. The number of rotatable bonds is 5. The van der Waals surface area contributed by atoms with Gasteiger partial charge in [-0.15, -0.1) is 0 Å². The average molecular weight is 352 g/mol. The van der Waals surface area contributed by atoms with E-state index in [0.29, 0.717) is 41.3 Å². The highest BCUT2D eigenvalue weighted by atomic mass is 16.5. The minimum Gasteiger partial charge on any atom is -0.493 e. The zero-order valence-electron chi connectivity index (χ0n) is 13.9. The smallest absolute Gasteiger partial charge is 0.262 e. The maximum absolute atomic E-state index is 12.3. The summed E-state index contributed by atoms with van der Waals surface area (Å²) in [4.78, 5) is 37.1. The number of hydrogen-bond acceptors (Lipinski definition) is 5. The number of carbonyl (C=O) groups is 3. The zero-order chi connectivity index (χ0) is 18.1. The van der Waals surface area contributed by atoms with Gasteiger partial charge < -0.3 is 14.8 Å². The summed E-state index contributed by atoms with van der Waals surface area (Å²) in [6.45, 7) is 0.631. The van der Waals surface area contributed by atoms with E-state index >= 15 is 0 Å². The number of amides is 3. The molecule has 0 aliphatic carbocycles. The number of ether oxygens (including phenoxy) is 2. The van der Waals surface area contributed by atoms with Gasteiger partial charge >= 0.3 is 0 Å². The van der Waals surface area contributed by atoms with Crippen LogP contribution >= 0.6 is 0 Å². The standard InChI is InChI=1S/C19H16N2O5/c22-17-11-26-16-7-6-12(10-15(16)20-17)25-9-3-8-21-18(23)13-4-1-2-5-14(13)19(21)24/h1-2,4-7,10H,3,8-9,11H2,(H,20,22). The molecule has 0 fully saturated rings. The summed E-state index contributed by atoms with van der Waals surface area (Å²) >= 11 is 0. The highest BCUT2D eigenvalue weighted by Gasteiger charge is 2.34. The van der Waals surface area contributed by atoms with Gasteiger partial charge in [-0.3, -0.25) is 19.3 Å². The van der Waals surface area contributed by atoms with Gasteiger partial charge in [0.1, 0.15) is 11.5 Å². The predicted molar refractivity (Wildman–Crippen MR) is 92.5 cm³/mol. The molecule has 2 aromatic carbocycles. The van der Waals surface area contributed by atoms with Crippen LogP contribution in [0.3, 0.4) is 0 Å². The van der Waals surface area contributed by atoms with Gasteiger partial charge in [0, 0.05) is 12.6 Å². The lowest BCUT2D eigenvalue weighted by Crippen LogP contribution is -2.31. The normalized spacial score (nSPS) is 15.2. The van der Waals surface area contributed by atoms with Crippen molar-refractivity contribution in [3.63, 3.8) is 0 Å².